The van der Waals surface area contributed by atoms with Crippen molar-refractivity contribution in [3.05, 3.63) is 0 Å². The zero-order valence-corrected chi connectivity index (χ0v) is 16.3. The average molecular weight is 670 g/mol. The molecular formula is C8H12F12O8Rh2+12. The largest absolute Gasteiger partial charge is 2.00 e. The summed E-state index contributed by atoms with van der Waals surface area (Å²) in [6.07, 6.45) is -19.4. The molecule has 0 aliphatic carbocycles. The van der Waals surface area contributed by atoms with Gasteiger partial charge in [0, 0.05) is 0 Å². The number of carbonyl (C=O) groups excluding carboxylic acids is 4. The number of hydrogen-bond acceptors (Lipinski definition) is 0. The fraction of sp³-hybridized carbons (Fsp3) is 0.500. The third kappa shape index (κ3) is 33.8. The first-order valence-corrected chi connectivity index (χ1v) is 5.16. The fourth-order valence-corrected chi connectivity index (χ4v) is 0. The minimum absolute atomic E-state index is 0. The van der Waals surface area contributed by atoms with Crippen molar-refractivity contribution in [2.45, 2.75) is 24.7 Å². The molecule has 22 heteroatoms. The van der Waals surface area contributed by atoms with Crippen molar-refractivity contribution in [2.24, 2.45) is 0 Å². The van der Waals surface area contributed by atoms with Crippen LogP contribution in [0.3, 0.4) is 0 Å². The zero-order chi connectivity index (χ0) is 24.3. The van der Waals surface area contributed by atoms with Gasteiger partial charge in [-0.15, -0.1) is 0 Å². The zero-order valence-electron chi connectivity index (χ0n) is 13.0. The Balaban J connectivity index is -0.0000000626. The minimum atomic E-state index is -4.86. The summed E-state index contributed by atoms with van der Waals surface area (Å²) in [6, 6.07) is 0. The molecule has 0 saturated carbocycles. The van der Waals surface area contributed by atoms with E-state index in [1.54, 1.807) is 0 Å². The number of halogens is 12. The Hall–Kier alpha value is -1.71. The summed E-state index contributed by atoms with van der Waals surface area (Å²) in [5, 5.41) is 22.3. The molecule has 182 valence electrons. The first kappa shape index (κ1) is 42.4. The summed E-state index contributed by atoms with van der Waals surface area (Å²) in [6.45, 7) is 0. The van der Waals surface area contributed by atoms with E-state index < -0.39 is 48.6 Å². The summed E-state index contributed by atoms with van der Waals surface area (Å²) < 4.78 is 128. The quantitative estimate of drug-likeness (QED) is 0.177. The Morgan fingerprint density at radius 1 is 0.367 bits per heavy atom. The minimum Gasteiger partial charge on any atom is -0.516 e. The third-order valence-corrected chi connectivity index (χ3v) is 1.07. The van der Waals surface area contributed by atoms with E-state index in [0.717, 1.165) is 0 Å². The van der Waals surface area contributed by atoms with Gasteiger partial charge in [0.05, 0.1) is 0 Å². The van der Waals surface area contributed by atoms with Gasteiger partial charge < -0.3 is 20.4 Å². The average Bonchev–Trinajstić information content (AvgIpc) is 2.35. The van der Waals surface area contributed by atoms with Crippen molar-refractivity contribution in [1.82, 2.24) is 0 Å². The summed E-state index contributed by atoms with van der Waals surface area (Å²) >= 11 is 0. The van der Waals surface area contributed by atoms with Gasteiger partial charge in [-0.2, -0.15) is 71.9 Å². The van der Waals surface area contributed by atoms with Crippen molar-refractivity contribution in [2.75, 3.05) is 0 Å². The van der Waals surface area contributed by atoms with E-state index in [4.69, 9.17) is 39.6 Å². The van der Waals surface area contributed by atoms with Gasteiger partial charge in [0.1, 0.15) is 0 Å². The molecule has 0 atom stereocenters. The van der Waals surface area contributed by atoms with Crippen LogP contribution >= 0.6 is 0 Å². The van der Waals surface area contributed by atoms with Crippen LogP contribution < -0.4 is 0 Å². The maximum atomic E-state index is 10.7. The van der Waals surface area contributed by atoms with Gasteiger partial charge in [-0.05, 0) is 0 Å². The van der Waals surface area contributed by atoms with Crippen molar-refractivity contribution in [3.8, 4) is 0 Å². The molecular weight excluding hydrogens is 658 g/mol. The Morgan fingerprint density at radius 2 is 0.400 bits per heavy atom. The molecule has 0 aliphatic heterocycles. The second kappa shape index (κ2) is 16.0. The van der Waals surface area contributed by atoms with E-state index >= 15 is 0 Å². The molecule has 0 spiro atoms. The van der Waals surface area contributed by atoms with Gasteiger partial charge in [0.15, 0.2) is 0 Å². The third-order valence-electron chi connectivity index (χ3n) is 1.07. The molecule has 0 fully saturated rings. The van der Waals surface area contributed by atoms with Crippen molar-refractivity contribution in [1.29, 1.82) is 0 Å². The normalized spacial score (nSPS) is 10.5. The number of hydrogen-bond donors (Lipinski definition) is 0. The van der Waals surface area contributed by atoms with Crippen LogP contribution in [0.15, 0.2) is 0 Å². The van der Waals surface area contributed by atoms with Gasteiger partial charge in [0.2, 0.25) is 0 Å². The Morgan fingerprint density at radius 3 is 0.400 bits per heavy atom. The Labute approximate surface area is 180 Å². The molecule has 0 saturated heterocycles. The van der Waals surface area contributed by atoms with Crippen LogP contribution in [0.5, 0.6) is 0 Å². The SMILES string of the molecule is [OH+]=C([OH2+])C(F)(F)F.[OH+]=C([OH2+])C(F)(F)F.[OH+]=C([OH2+])C(F)(F)F.[OH+]=C([OH2+])C(F)(F)F.[Rh+2].[Rh+2]. The van der Waals surface area contributed by atoms with E-state index in [2.05, 4.69) is 0 Å². The molecule has 30 heavy (non-hydrogen) atoms. The molecule has 12 N–H and O–H groups in total. The molecule has 0 aromatic rings. The van der Waals surface area contributed by atoms with E-state index in [-0.39, 0.29) is 39.0 Å². The summed E-state index contributed by atoms with van der Waals surface area (Å²) in [5.41, 5.74) is 0. The fourth-order valence-electron chi connectivity index (χ4n) is 0. The standard InChI is InChI=1S/4C2HF3O2.2Rh/c4*3-2(4,5)1(6)7;;/h4*(H,6,7);;/q;;;;2*+2/p+8. The molecule has 0 rings (SSSR count). The van der Waals surface area contributed by atoms with Crippen LogP contribution in [-0.2, 0) is 39.0 Å². The molecule has 0 aromatic heterocycles. The molecule has 0 aromatic carbocycles. The van der Waals surface area contributed by atoms with Gasteiger partial charge in [-0.3, -0.25) is 0 Å². The Kier molecular flexibility index (Phi) is 22.7. The molecule has 0 amide bonds. The van der Waals surface area contributed by atoms with Gasteiger partial charge in [-0.1, -0.05) is 0 Å². The molecule has 0 unspecified atom stereocenters. The van der Waals surface area contributed by atoms with E-state index in [1.807, 2.05) is 0 Å². The number of alkyl halides is 12. The maximum absolute atomic E-state index is 10.7. The van der Waals surface area contributed by atoms with Gasteiger partial charge in [-0.25, -0.2) is 0 Å². The number of rotatable bonds is 0. The second-order valence-electron chi connectivity index (χ2n) is 3.39. The van der Waals surface area contributed by atoms with Crippen molar-refractivity contribution in [3.63, 3.8) is 0 Å². The van der Waals surface area contributed by atoms with Crippen LogP contribution in [0.2, 0.25) is 0 Å². The molecule has 8 nitrogen and oxygen atoms in total. The van der Waals surface area contributed by atoms with Crippen LogP contribution in [0.25, 0.3) is 0 Å². The second-order valence-corrected chi connectivity index (χ2v) is 3.39. The van der Waals surface area contributed by atoms with Crippen molar-refractivity contribution < 1.29 is 131 Å². The summed E-state index contributed by atoms with van der Waals surface area (Å²) in [4.78, 5) is 29.4. The van der Waals surface area contributed by atoms with Crippen LogP contribution in [-0.4, -0.2) is 88.2 Å². The monoisotopic (exact) mass is 670 g/mol. The van der Waals surface area contributed by atoms with Crippen molar-refractivity contribution >= 4 is 23.9 Å². The molecule has 0 aliphatic rings. The summed E-state index contributed by atoms with van der Waals surface area (Å²) in [5.74, 6) is -9.03. The van der Waals surface area contributed by atoms with Crippen LogP contribution in [0.1, 0.15) is 0 Å². The Bertz CT molecular complexity index is 440. The first-order chi connectivity index (χ1) is 11.8. The van der Waals surface area contributed by atoms with Gasteiger partial charge >= 0.3 is 87.5 Å². The maximum Gasteiger partial charge on any atom is 2.00 e. The van der Waals surface area contributed by atoms with E-state index in [1.165, 1.54) is 0 Å². The van der Waals surface area contributed by atoms with E-state index in [0.29, 0.717) is 0 Å². The summed E-state index contributed by atoms with van der Waals surface area (Å²) in [7, 11) is 0. The predicted molar refractivity (Wildman–Crippen MR) is 66.4 cm³/mol. The van der Waals surface area contributed by atoms with Gasteiger partial charge in [0.25, 0.3) is 0 Å². The molecule has 2 radical (unpaired) electrons. The smallest absolute Gasteiger partial charge is 0.516 e. The van der Waals surface area contributed by atoms with Crippen LogP contribution in [0, 0.1) is 0 Å². The predicted octanol–water partition coefficient (Wildman–Crippen LogP) is -0.902. The topological polar surface area (TPSA) is 177 Å². The van der Waals surface area contributed by atoms with E-state index in [9.17, 15) is 52.7 Å². The molecule has 0 heterocycles. The van der Waals surface area contributed by atoms with Crippen LogP contribution in [0.4, 0.5) is 52.7 Å². The first-order valence-electron chi connectivity index (χ1n) is 5.16. The molecule has 0 bridgehead atoms.